The van der Waals surface area contributed by atoms with Gasteiger partial charge in [0.1, 0.15) is 17.8 Å². The van der Waals surface area contributed by atoms with Gasteiger partial charge >= 0.3 is 0 Å². The monoisotopic (exact) mass is 554 g/mol. The highest BCUT2D eigenvalue weighted by molar-refractivity contribution is 6.07. The van der Waals surface area contributed by atoms with Gasteiger partial charge in [-0.2, -0.15) is 5.10 Å². The third-order valence-electron chi connectivity index (χ3n) is 7.39. The van der Waals surface area contributed by atoms with Crippen LogP contribution >= 0.6 is 0 Å². The Morgan fingerprint density at radius 3 is 2.80 bits per heavy atom. The third-order valence-corrected chi connectivity index (χ3v) is 7.39. The molecule has 2 aromatic carbocycles. The number of rotatable bonds is 6. The Hall–Kier alpha value is -5.13. The minimum absolute atomic E-state index is 0.0167. The lowest BCUT2D eigenvalue weighted by molar-refractivity contribution is -0.127. The highest BCUT2D eigenvalue weighted by Gasteiger charge is 2.31. The fourth-order valence-electron chi connectivity index (χ4n) is 5.32. The largest absolute Gasteiger partial charge is 0.453 e. The number of hydrogen-bond donors (Lipinski definition) is 2. The predicted octanol–water partition coefficient (Wildman–Crippen LogP) is 3.47. The van der Waals surface area contributed by atoms with Crippen molar-refractivity contribution in [2.75, 3.05) is 49.9 Å². The Morgan fingerprint density at radius 1 is 1.17 bits per heavy atom. The molecule has 1 fully saturated rings. The second-order valence-electron chi connectivity index (χ2n) is 10.2. The number of amides is 2. The molecule has 2 aliphatic rings. The number of carbonyl (C=O) groups is 2. The van der Waals surface area contributed by atoms with Gasteiger partial charge in [0.25, 0.3) is 5.91 Å². The number of nitrogen functional groups attached to an aromatic ring is 1. The fourth-order valence-corrected chi connectivity index (χ4v) is 5.32. The minimum atomic E-state index is -0.276. The lowest BCUT2D eigenvalue weighted by atomic mass is 10.1. The van der Waals surface area contributed by atoms with E-state index in [2.05, 4.69) is 21.9 Å². The average Bonchev–Trinajstić information content (AvgIpc) is 3.64. The molecule has 4 aromatic rings. The number of anilines is 3. The molecular formula is C29H30N8O4. The first-order valence-corrected chi connectivity index (χ1v) is 13.3. The number of likely N-dealkylation sites (tertiary alicyclic amines) is 1. The molecule has 6 rings (SSSR count). The number of hydrogen-bond acceptors (Lipinski definition) is 9. The Kier molecular flexibility index (Phi) is 6.66. The van der Waals surface area contributed by atoms with Gasteiger partial charge in [0.2, 0.25) is 12.7 Å². The van der Waals surface area contributed by atoms with Crippen LogP contribution < -0.4 is 25.4 Å². The van der Waals surface area contributed by atoms with Gasteiger partial charge in [-0.1, -0.05) is 12.6 Å². The van der Waals surface area contributed by atoms with E-state index < -0.39 is 0 Å². The number of aromatic nitrogens is 4. The van der Waals surface area contributed by atoms with Crippen molar-refractivity contribution >= 4 is 40.0 Å². The van der Waals surface area contributed by atoms with Crippen LogP contribution in [-0.2, 0) is 4.79 Å². The lowest BCUT2D eigenvalue weighted by Gasteiger charge is -2.32. The van der Waals surface area contributed by atoms with Crippen LogP contribution in [0.3, 0.4) is 0 Å². The number of ether oxygens (including phenoxy) is 2. The molecule has 0 saturated carbocycles. The van der Waals surface area contributed by atoms with Crippen LogP contribution in [-0.4, -0.2) is 70.4 Å². The van der Waals surface area contributed by atoms with Crippen molar-refractivity contribution in [1.29, 1.82) is 0 Å². The molecule has 2 aromatic heterocycles. The highest BCUT2D eigenvalue weighted by atomic mass is 16.7. The summed E-state index contributed by atoms with van der Waals surface area (Å²) in [5.41, 5.74) is 9.98. The molecule has 210 valence electrons. The molecule has 1 saturated heterocycles. The second kappa shape index (κ2) is 10.5. The molecule has 4 heterocycles. The number of fused-ring (bicyclic) bond motifs is 2. The summed E-state index contributed by atoms with van der Waals surface area (Å²) in [5, 5.41) is 8.47. The summed E-state index contributed by atoms with van der Waals surface area (Å²) in [4.78, 5) is 37.9. The minimum Gasteiger partial charge on any atom is -0.453 e. The summed E-state index contributed by atoms with van der Waals surface area (Å²) in [7, 11) is 3.84. The van der Waals surface area contributed by atoms with Gasteiger partial charge in [-0.15, -0.1) is 0 Å². The van der Waals surface area contributed by atoms with Crippen molar-refractivity contribution in [1.82, 2.24) is 24.6 Å². The van der Waals surface area contributed by atoms with Gasteiger partial charge in [-0.05, 0) is 49.2 Å². The zero-order chi connectivity index (χ0) is 28.7. The summed E-state index contributed by atoms with van der Waals surface area (Å²) < 4.78 is 13.5. The smallest absolute Gasteiger partial charge is 0.255 e. The zero-order valence-electron chi connectivity index (χ0n) is 22.8. The summed E-state index contributed by atoms with van der Waals surface area (Å²) in [6.45, 7) is 4.74. The summed E-state index contributed by atoms with van der Waals surface area (Å²) in [6, 6.07) is 10.8. The van der Waals surface area contributed by atoms with Crippen molar-refractivity contribution in [3.8, 4) is 22.8 Å². The van der Waals surface area contributed by atoms with Crippen LogP contribution in [0.1, 0.15) is 29.2 Å². The summed E-state index contributed by atoms with van der Waals surface area (Å²) in [5.74, 6) is 0.722. The molecule has 12 heteroatoms. The topological polar surface area (TPSA) is 141 Å². The van der Waals surface area contributed by atoms with E-state index in [4.69, 9.17) is 20.3 Å². The molecule has 0 aliphatic carbocycles. The van der Waals surface area contributed by atoms with Gasteiger partial charge in [0, 0.05) is 44.0 Å². The van der Waals surface area contributed by atoms with Crippen molar-refractivity contribution < 1.29 is 19.1 Å². The van der Waals surface area contributed by atoms with Gasteiger partial charge in [-0.25, -0.2) is 14.6 Å². The number of carbonyl (C=O) groups excluding carboxylic acids is 2. The third kappa shape index (κ3) is 4.66. The Balaban J connectivity index is 1.38. The van der Waals surface area contributed by atoms with Crippen LogP contribution in [0.2, 0.25) is 0 Å². The molecule has 0 unspecified atom stereocenters. The standard InChI is InChI=1S/C29H30N8O4/c1-4-22(38)36-12-6-9-19(14-36)37-28-23(27(30)31-15-32-28)24(34-37)20-10-11-21(26-25(20)40-16-41-26)33-29(39)17-7-5-8-18(13-17)35(2)3/h4-5,7-8,10-11,13,15,19H,1,6,9,12,14,16H2,2-3H3,(H,33,39)(H2,30,31,32)/t19-/m1/s1. The predicted molar refractivity (Wildman–Crippen MR) is 155 cm³/mol. The molecule has 3 N–H and O–H groups in total. The maximum absolute atomic E-state index is 13.1. The molecule has 2 aliphatic heterocycles. The van der Waals surface area contributed by atoms with Gasteiger partial charge < -0.3 is 30.3 Å². The molecule has 1 atom stereocenters. The Labute approximate surface area is 236 Å². The Bertz CT molecular complexity index is 1680. The molecular weight excluding hydrogens is 524 g/mol. The first-order chi connectivity index (χ1) is 19.9. The van der Waals surface area contributed by atoms with E-state index in [1.165, 1.54) is 12.4 Å². The van der Waals surface area contributed by atoms with Crippen molar-refractivity contribution in [2.24, 2.45) is 0 Å². The van der Waals surface area contributed by atoms with E-state index in [1.807, 2.05) is 47.9 Å². The quantitative estimate of drug-likeness (QED) is 0.343. The second-order valence-corrected chi connectivity index (χ2v) is 10.2. The van der Waals surface area contributed by atoms with E-state index in [0.717, 1.165) is 18.5 Å². The van der Waals surface area contributed by atoms with Crippen LogP contribution in [0, 0.1) is 0 Å². The van der Waals surface area contributed by atoms with Gasteiger partial charge in [0.15, 0.2) is 17.1 Å². The van der Waals surface area contributed by atoms with E-state index in [0.29, 0.717) is 58.1 Å². The normalized spacial score (nSPS) is 16.0. The van der Waals surface area contributed by atoms with Crippen LogP contribution in [0.15, 0.2) is 55.4 Å². The molecule has 0 spiro atoms. The maximum Gasteiger partial charge on any atom is 0.255 e. The molecule has 41 heavy (non-hydrogen) atoms. The molecule has 2 amide bonds. The van der Waals surface area contributed by atoms with Crippen LogP contribution in [0.4, 0.5) is 17.2 Å². The van der Waals surface area contributed by atoms with E-state index >= 15 is 0 Å². The first-order valence-electron chi connectivity index (χ1n) is 13.3. The number of piperidine rings is 1. The van der Waals surface area contributed by atoms with E-state index in [9.17, 15) is 9.59 Å². The lowest BCUT2D eigenvalue weighted by Crippen LogP contribution is -2.40. The summed E-state index contributed by atoms with van der Waals surface area (Å²) in [6.07, 6.45) is 4.37. The molecule has 12 nitrogen and oxygen atoms in total. The molecule has 0 radical (unpaired) electrons. The van der Waals surface area contributed by atoms with Gasteiger partial charge in [-0.3, -0.25) is 9.59 Å². The van der Waals surface area contributed by atoms with Crippen molar-refractivity contribution in [3.05, 3.63) is 60.9 Å². The Morgan fingerprint density at radius 2 is 2.00 bits per heavy atom. The van der Waals surface area contributed by atoms with Crippen molar-refractivity contribution in [3.63, 3.8) is 0 Å². The average molecular weight is 555 g/mol. The maximum atomic E-state index is 13.1. The van der Waals surface area contributed by atoms with E-state index in [-0.39, 0.29) is 30.5 Å². The highest BCUT2D eigenvalue weighted by Crippen LogP contribution is 2.48. The number of nitrogens with zero attached hydrogens (tertiary/aromatic N) is 6. The number of nitrogens with two attached hydrogens (primary N) is 1. The van der Waals surface area contributed by atoms with E-state index in [1.54, 1.807) is 17.0 Å². The van der Waals surface area contributed by atoms with Crippen LogP contribution in [0.5, 0.6) is 11.5 Å². The SMILES string of the molecule is C=CC(=O)N1CCC[C@@H](n2nc(-c3ccc(NC(=O)c4cccc(N(C)C)c4)c4c3OCO4)c3c(N)ncnc32)C1. The van der Waals surface area contributed by atoms with Crippen molar-refractivity contribution in [2.45, 2.75) is 18.9 Å². The zero-order valence-corrected chi connectivity index (χ0v) is 22.8. The number of benzene rings is 2. The number of nitrogens with one attached hydrogen (secondary N) is 1. The summed E-state index contributed by atoms with van der Waals surface area (Å²) >= 11 is 0. The first kappa shape index (κ1) is 26.1. The van der Waals surface area contributed by atoms with Crippen LogP contribution in [0.25, 0.3) is 22.3 Å². The fraction of sp³-hybridized carbons (Fsp3) is 0.276. The molecule has 0 bridgehead atoms. The van der Waals surface area contributed by atoms with Gasteiger partial charge in [0.05, 0.1) is 17.1 Å².